The zero-order chi connectivity index (χ0) is 15.3. The van der Waals surface area contributed by atoms with E-state index in [1.54, 1.807) is 7.11 Å². The molecule has 0 aromatic carbocycles. The number of fused-ring (bicyclic) bond motifs is 1. The summed E-state index contributed by atoms with van der Waals surface area (Å²) < 4.78 is 7.54. The molecule has 0 unspecified atom stereocenters. The Labute approximate surface area is 130 Å². The number of ether oxygens (including phenoxy) is 1. The molecule has 1 aliphatic heterocycles. The standard InChI is InChI=1S/C16H23N5O/c1-16(2)7-4-8-20(10-16)15-19-18-13-14(22-3)17-9-12(21(13)15)11-5-6-11/h9,11H,4-8,10H2,1-3H3. The van der Waals surface area contributed by atoms with Crippen molar-refractivity contribution in [1.29, 1.82) is 0 Å². The van der Waals surface area contributed by atoms with Crippen LogP contribution < -0.4 is 9.64 Å². The predicted octanol–water partition coefficient (Wildman–Crippen LogP) is 2.64. The van der Waals surface area contributed by atoms with Crippen molar-refractivity contribution in [1.82, 2.24) is 19.6 Å². The van der Waals surface area contributed by atoms with Crippen molar-refractivity contribution in [2.45, 2.75) is 45.4 Å². The number of hydrogen-bond acceptors (Lipinski definition) is 5. The van der Waals surface area contributed by atoms with Crippen LogP contribution in [0.15, 0.2) is 6.20 Å². The van der Waals surface area contributed by atoms with E-state index in [-0.39, 0.29) is 0 Å². The Hall–Kier alpha value is -1.85. The van der Waals surface area contributed by atoms with Gasteiger partial charge < -0.3 is 9.64 Å². The lowest BCUT2D eigenvalue weighted by molar-refractivity contribution is 0.290. The molecule has 22 heavy (non-hydrogen) atoms. The van der Waals surface area contributed by atoms with Gasteiger partial charge in [0.15, 0.2) is 0 Å². The molecule has 0 radical (unpaired) electrons. The molecule has 2 aliphatic rings. The van der Waals surface area contributed by atoms with Gasteiger partial charge in [-0.2, -0.15) is 0 Å². The van der Waals surface area contributed by atoms with Crippen LogP contribution in [0.2, 0.25) is 0 Å². The lowest BCUT2D eigenvalue weighted by atomic mass is 9.84. The fourth-order valence-electron chi connectivity index (χ4n) is 3.50. The minimum absolute atomic E-state index is 0.320. The highest BCUT2D eigenvalue weighted by molar-refractivity contribution is 5.56. The Bertz CT molecular complexity index is 704. The summed E-state index contributed by atoms with van der Waals surface area (Å²) in [7, 11) is 1.64. The normalized spacial score (nSPS) is 21.3. The van der Waals surface area contributed by atoms with Gasteiger partial charge >= 0.3 is 0 Å². The van der Waals surface area contributed by atoms with E-state index < -0.39 is 0 Å². The minimum atomic E-state index is 0.320. The molecule has 0 spiro atoms. The van der Waals surface area contributed by atoms with Crippen LogP contribution in [0.5, 0.6) is 5.88 Å². The number of aromatic nitrogens is 4. The van der Waals surface area contributed by atoms with E-state index in [0.29, 0.717) is 17.2 Å². The number of methoxy groups -OCH3 is 1. The van der Waals surface area contributed by atoms with Gasteiger partial charge in [0.2, 0.25) is 11.6 Å². The molecule has 6 heteroatoms. The van der Waals surface area contributed by atoms with Crippen LogP contribution in [0.3, 0.4) is 0 Å². The Morgan fingerprint density at radius 2 is 2.09 bits per heavy atom. The number of anilines is 1. The summed E-state index contributed by atoms with van der Waals surface area (Å²) in [6.07, 6.45) is 6.85. The molecular weight excluding hydrogens is 278 g/mol. The van der Waals surface area contributed by atoms with Gasteiger partial charge in [0.1, 0.15) is 0 Å². The molecule has 2 aromatic rings. The molecule has 0 bridgehead atoms. The zero-order valence-corrected chi connectivity index (χ0v) is 13.5. The first kappa shape index (κ1) is 13.8. The maximum absolute atomic E-state index is 5.37. The Morgan fingerprint density at radius 3 is 2.77 bits per heavy atom. The molecule has 4 rings (SSSR count). The lowest BCUT2D eigenvalue weighted by Crippen LogP contribution is -2.41. The lowest BCUT2D eigenvalue weighted by Gasteiger charge is -2.38. The summed E-state index contributed by atoms with van der Waals surface area (Å²) in [5, 5.41) is 8.85. The number of hydrogen-bond donors (Lipinski definition) is 0. The second-order valence-corrected chi connectivity index (χ2v) is 7.31. The summed E-state index contributed by atoms with van der Waals surface area (Å²) >= 11 is 0. The van der Waals surface area contributed by atoms with Crippen molar-refractivity contribution in [2.75, 3.05) is 25.1 Å². The molecule has 0 amide bonds. The van der Waals surface area contributed by atoms with Crippen molar-refractivity contribution in [2.24, 2.45) is 5.41 Å². The molecule has 1 aliphatic carbocycles. The summed E-state index contributed by atoms with van der Waals surface area (Å²) in [6.45, 7) is 6.71. The monoisotopic (exact) mass is 301 g/mol. The fraction of sp³-hybridized carbons (Fsp3) is 0.688. The molecule has 6 nitrogen and oxygen atoms in total. The minimum Gasteiger partial charge on any atom is -0.478 e. The molecule has 118 valence electrons. The summed E-state index contributed by atoms with van der Waals surface area (Å²) in [6, 6.07) is 0. The Balaban J connectivity index is 1.84. The van der Waals surface area contributed by atoms with Crippen LogP contribution in [-0.2, 0) is 0 Å². The van der Waals surface area contributed by atoms with Crippen LogP contribution in [0, 0.1) is 5.41 Å². The smallest absolute Gasteiger partial charge is 0.260 e. The van der Waals surface area contributed by atoms with Crippen molar-refractivity contribution >= 4 is 11.6 Å². The molecule has 0 atom stereocenters. The van der Waals surface area contributed by atoms with Gasteiger partial charge in [-0.15, -0.1) is 10.2 Å². The van der Waals surface area contributed by atoms with E-state index in [4.69, 9.17) is 4.74 Å². The average molecular weight is 301 g/mol. The van der Waals surface area contributed by atoms with E-state index in [0.717, 1.165) is 24.7 Å². The summed E-state index contributed by atoms with van der Waals surface area (Å²) in [5.74, 6) is 2.10. The van der Waals surface area contributed by atoms with E-state index >= 15 is 0 Å². The third-order valence-electron chi connectivity index (χ3n) is 4.78. The van der Waals surface area contributed by atoms with Crippen LogP contribution in [0.4, 0.5) is 5.95 Å². The van der Waals surface area contributed by atoms with Crippen LogP contribution >= 0.6 is 0 Å². The van der Waals surface area contributed by atoms with Crippen LogP contribution in [0.25, 0.3) is 5.65 Å². The summed E-state index contributed by atoms with van der Waals surface area (Å²) in [5.41, 5.74) is 2.28. The van der Waals surface area contributed by atoms with Gasteiger partial charge in [0, 0.05) is 24.7 Å². The Morgan fingerprint density at radius 1 is 1.27 bits per heavy atom. The molecule has 1 saturated heterocycles. The van der Waals surface area contributed by atoms with Crippen molar-refractivity contribution < 1.29 is 4.74 Å². The molecule has 0 N–H and O–H groups in total. The van der Waals surface area contributed by atoms with Crippen molar-refractivity contribution in [3.63, 3.8) is 0 Å². The second-order valence-electron chi connectivity index (χ2n) is 7.31. The maximum Gasteiger partial charge on any atom is 0.260 e. The van der Waals surface area contributed by atoms with Gasteiger partial charge in [0.25, 0.3) is 5.88 Å². The highest BCUT2D eigenvalue weighted by atomic mass is 16.5. The zero-order valence-electron chi connectivity index (χ0n) is 13.5. The Kier molecular flexibility index (Phi) is 3.03. The van der Waals surface area contributed by atoms with E-state index in [1.807, 2.05) is 6.20 Å². The molecular formula is C16H23N5O. The number of nitrogens with zero attached hydrogens (tertiary/aromatic N) is 5. The number of piperidine rings is 1. The third-order valence-corrected chi connectivity index (χ3v) is 4.78. The topological polar surface area (TPSA) is 55.6 Å². The highest BCUT2D eigenvalue weighted by Gasteiger charge is 2.33. The van der Waals surface area contributed by atoms with E-state index in [9.17, 15) is 0 Å². The highest BCUT2D eigenvalue weighted by Crippen LogP contribution is 2.42. The first-order valence-electron chi connectivity index (χ1n) is 8.12. The molecule has 2 aromatic heterocycles. The largest absolute Gasteiger partial charge is 0.478 e. The van der Waals surface area contributed by atoms with E-state index in [2.05, 4.69) is 38.3 Å². The first-order valence-corrected chi connectivity index (χ1v) is 8.12. The third kappa shape index (κ3) is 2.21. The quantitative estimate of drug-likeness (QED) is 0.872. The van der Waals surface area contributed by atoms with Gasteiger partial charge in [-0.1, -0.05) is 13.8 Å². The predicted molar refractivity (Wildman–Crippen MR) is 84.5 cm³/mol. The summed E-state index contributed by atoms with van der Waals surface area (Å²) in [4.78, 5) is 6.78. The SMILES string of the molecule is COc1ncc(C2CC2)n2c(N3CCCC(C)(C)C3)nnc12. The fourth-order valence-corrected chi connectivity index (χ4v) is 3.50. The molecule has 2 fully saturated rings. The van der Waals surface area contributed by atoms with Crippen molar-refractivity contribution in [3.05, 3.63) is 11.9 Å². The van der Waals surface area contributed by atoms with Gasteiger partial charge in [-0.25, -0.2) is 4.98 Å². The number of rotatable bonds is 3. The van der Waals surface area contributed by atoms with Gasteiger partial charge in [-0.05, 0) is 31.1 Å². The van der Waals surface area contributed by atoms with Gasteiger partial charge in [-0.3, -0.25) is 4.40 Å². The second kappa shape index (κ2) is 4.83. The van der Waals surface area contributed by atoms with Crippen molar-refractivity contribution in [3.8, 4) is 5.88 Å². The van der Waals surface area contributed by atoms with Crippen LogP contribution in [0.1, 0.15) is 51.1 Å². The molecule has 3 heterocycles. The van der Waals surface area contributed by atoms with Crippen LogP contribution in [-0.4, -0.2) is 39.8 Å². The first-order chi connectivity index (χ1) is 10.6. The van der Waals surface area contributed by atoms with E-state index in [1.165, 1.54) is 31.4 Å². The van der Waals surface area contributed by atoms with Gasteiger partial charge in [0.05, 0.1) is 13.3 Å². The molecule has 1 saturated carbocycles. The maximum atomic E-state index is 5.37. The average Bonchev–Trinajstić information content (AvgIpc) is 3.23.